The second kappa shape index (κ2) is 6.73. The molecule has 116 valence electrons. The Hall–Kier alpha value is -0.160. The van der Waals surface area contributed by atoms with Crippen LogP contribution >= 0.6 is 0 Å². The van der Waals surface area contributed by atoms with Gasteiger partial charge in [-0.15, -0.1) is 0 Å². The lowest BCUT2D eigenvalue weighted by Gasteiger charge is -2.38. The Morgan fingerprint density at radius 1 is 1.20 bits per heavy atom. The minimum Gasteiger partial charge on any atom is -0.374 e. The van der Waals surface area contributed by atoms with E-state index in [9.17, 15) is 0 Å². The Kier molecular flexibility index (Phi) is 4.97. The molecule has 1 aliphatic carbocycles. The zero-order chi connectivity index (χ0) is 13.9. The minimum atomic E-state index is 0.410. The molecule has 2 aliphatic heterocycles. The van der Waals surface area contributed by atoms with Crippen LogP contribution in [0, 0.1) is 0 Å². The lowest BCUT2D eigenvalue weighted by atomic mass is 10.2. The molecule has 0 spiro atoms. The van der Waals surface area contributed by atoms with E-state index in [1.165, 1.54) is 38.8 Å². The summed E-state index contributed by atoms with van der Waals surface area (Å²) in [6, 6.07) is 2.22. The van der Waals surface area contributed by atoms with Gasteiger partial charge in [0.15, 0.2) is 0 Å². The Balaban J connectivity index is 1.45. The van der Waals surface area contributed by atoms with E-state index in [2.05, 4.69) is 29.0 Å². The van der Waals surface area contributed by atoms with Crippen molar-refractivity contribution in [1.82, 2.24) is 15.1 Å². The molecule has 20 heavy (non-hydrogen) atoms. The average Bonchev–Trinajstić information content (AvgIpc) is 3.17. The topological polar surface area (TPSA) is 27.7 Å². The molecule has 3 fully saturated rings. The molecule has 0 aromatic heterocycles. The highest BCUT2D eigenvalue weighted by atomic mass is 16.5. The van der Waals surface area contributed by atoms with E-state index in [1.807, 2.05) is 0 Å². The zero-order valence-electron chi connectivity index (χ0n) is 13.2. The average molecular weight is 281 g/mol. The first-order valence-corrected chi connectivity index (χ1v) is 8.55. The van der Waals surface area contributed by atoms with Crippen molar-refractivity contribution < 1.29 is 4.74 Å². The van der Waals surface area contributed by atoms with Crippen LogP contribution in [0.4, 0.5) is 0 Å². The van der Waals surface area contributed by atoms with E-state index < -0.39 is 0 Å². The van der Waals surface area contributed by atoms with Crippen LogP contribution in [0.3, 0.4) is 0 Å². The maximum Gasteiger partial charge on any atom is 0.0829 e. The van der Waals surface area contributed by atoms with E-state index in [0.29, 0.717) is 12.1 Å². The first-order valence-electron chi connectivity index (χ1n) is 8.55. The molecule has 2 atom stereocenters. The smallest absolute Gasteiger partial charge is 0.0829 e. The summed E-state index contributed by atoms with van der Waals surface area (Å²) in [5.41, 5.74) is 0. The number of rotatable bonds is 6. The van der Waals surface area contributed by atoms with E-state index >= 15 is 0 Å². The first kappa shape index (κ1) is 14.8. The Bertz CT molecular complexity index is 306. The number of nitrogens with zero attached hydrogens (tertiary/aromatic N) is 2. The van der Waals surface area contributed by atoms with Gasteiger partial charge in [-0.1, -0.05) is 0 Å². The minimum absolute atomic E-state index is 0.410. The molecule has 0 aromatic carbocycles. The highest BCUT2D eigenvalue weighted by Crippen LogP contribution is 2.22. The highest BCUT2D eigenvalue weighted by molar-refractivity contribution is 4.88. The van der Waals surface area contributed by atoms with Gasteiger partial charge in [-0.05, 0) is 46.1 Å². The van der Waals surface area contributed by atoms with Gasteiger partial charge in [0, 0.05) is 44.3 Å². The SMILES string of the molecule is CC(C)N1CCOC(CN2CCCC2CNC2CC2)C1. The number of likely N-dealkylation sites (tertiary alicyclic amines) is 1. The van der Waals surface area contributed by atoms with Crippen molar-refractivity contribution >= 4 is 0 Å². The number of hydrogen-bond acceptors (Lipinski definition) is 4. The largest absolute Gasteiger partial charge is 0.374 e. The Morgan fingerprint density at radius 2 is 2.05 bits per heavy atom. The normalized spacial score (nSPS) is 33.1. The molecule has 2 heterocycles. The van der Waals surface area contributed by atoms with Crippen LogP contribution in [0.15, 0.2) is 0 Å². The van der Waals surface area contributed by atoms with E-state index in [1.54, 1.807) is 0 Å². The van der Waals surface area contributed by atoms with Gasteiger partial charge in [0.1, 0.15) is 0 Å². The summed E-state index contributed by atoms with van der Waals surface area (Å²) >= 11 is 0. The molecule has 1 saturated carbocycles. The lowest BCUT2D eigenvalue weighted by molar-refractivity contribution is -0.0534. The summed E-state index contributed by atoms with van der Waals surface area (Å²) in [5.74, 6) is 0. The van der Waals surface area contributed by atoms with Gasteiger partial charge in [0.25, 0.3) is 0 Å². The van der Waals surface area contributed by atoms with Crippen LogP contribution in [0.5, 0.6) is 0 Å². The van der Waals surface area contributed by atoms with Crippen LogP contribution in [0.2, 0.25) is 0 Å². The molecule has 2 unspecified atom stereocenters. The molecule has 0 aromatic rings. The molecule has 3 rings (SSSR count). The number of morpholine rings is 1. The van der Waals surface area contributed by atoms with E-state index in [-0.39, 0.29) is 0 Å². The summed E-state index contributed by atoms with van der Waals surface area (Å²) in [6.45, 7) is 11.3. The second-order valence-electron chi connectivity index (χ2n) is 7.05. The predicted molar refractivity (Wildman–Crippen MR) is 82.1 cm³/mol. The van der Waals surface area contributed by atoms with Crippen molar-refractivity contribution in [1.29, 1.82) is 0 Å². The summed E-state index contributed by atoms with van der Waals surface area (Å²) in [7, 11) is 0. The molecule has 2 saturated heterocycles. The summed E-state index contributed by atoms with van der Waals surface area (Å²) in [5, 5.41) is 3.70. The highest BCUT2D eigenvalue weighted by Gasteiger charge is 2.31. The third-order valence-electron chi connectivity index (χ3n) is 5.06. The van der Waals surface area contributed by atoms with Gasteiger partial charge in [-0.25, -0.2) is 0 Å². The summed E-state index contributed by atoms with van der Waals surface area (Å²) in [6.07, 6.45) is 5.91. The molecular formula is C16H31N3O. The van der Waals surface area contributed by atoms with Gasteiger partial charge >= 0.3 is 0 Å². The summed E-state index contributed by atoms with van der Waals surface area (Å²) in [4.78, 5) is 5.23. The second-order valence-corrected chi connectivity index (χ2v) is 7.05. The molecule has 3 aliphatic rings. The van der Waals surface area contributed by atoms with Gasteiger partial charge < -0.3 is 10.1 Å². The maximum atomic E-state index is 6.00. The Labute approximate surface area is 123 Å². The fourth-order valence-electron chi connectivity index (χ4n) is 3.54. The fourth-order valence-corrected chi connectivity index (χ4v) is 3.54. The van der Waals surface area contributed by atoms with Gasteiger partial charge in [0.05, 0.1) is 12.7 Å². The van der Waals surface area contributed by atoms with Gasteiger partial charge in [0.2, 0.25) is 0 Å². The maximum absolute atomic E-state index is 6.00. The standard InChI is InChI=1S/C16H31N3O/c1-13(2)18-8-9-20-16(11-18)12-19-7-3-4-15(19)10-17-14-5-6-14/h13-17H,3-12H2,1-2H3. The van der Waals surface area contributed by atoms with Crippen molar-refractivity contribution in [3.8, 4) is 0 Å². The molecular weight excluding hydrogens is 250 g/mol. The van der Waals surface area contributed by atoms with Crippen LogP contribution in [0.1, 0.15) is 39.5 Å². The van der Waals surface area contributed by atoms with Crippen LogP contribution in [0.25, 0.3) is 0 Å². The van der Waals surface area contributed by atoms with Crippen LogP contribution < -0.4 is 5.32 Å². The molecule has 4 heteroatoms. The predicted octanol–water partition coefficient (Wildman–Crippen LogP) is 1.31. The third-order valence-corrected chi connectivity index (χ3v) is 5.06. The number of nitrogens with one attached hydrogen (secondary N) is 1. The summed E-state index contributed by atoms with van der Waals surface area (Å²) < 4.78 is 6.00. The molecule has 0 radical (unpaired) electrons. The molecule has 0 bridgehead atoms. The monoisotopic (exact) mass is 281 g/mol. The lowest BCUT2D eigenvalue weighted by Crippen LogP contribution is -2.51. The number of ether oxygens (including phenoxy) is 1. The molecule has 0 amide bonds. The first-order chi connectivity index (χ1) is 9.72. The quantitative estimate of drug-likeness (QED) is 0.794. The van der Waals surface area contributed by atoms with Crippen molar-refractivity contribution in [2.75, 3.05) is 39.3 Å². The molecule has 1 N–H and O–H groups in total. The number of hydrogen-bond donors (Lipinski definition) is 1. The fraction of sp³-hybridized carbons (Fsp3) is 1.00. The van der Waals surface area contributed by atoms with Crippen LogP contribution in [-0.4, -0.2) is 73.4 Å². The van der Waals surface area contributed by atoms with Crippen LogP contribution in [-0.2, 0) is 4.74 Å². The van der Waals surface area contributed by atoms with Gasteiger partial charge in [-0.3, -0.25) is 9.80 Å². The van der Waals surface area contributed by atoms with E-state index in [0.717, 1.165) is 38.3 Å². The zero-order valence-corrected chi connectivity index (χ0v) is 13.2. The Morgan fingerprint density at radius 3 is 2.80 bits per heavy atom. The van der Waals surface area contributed by atoms with Crippen molar-refractivity contribution in [3.05, 3.63) is 0 Å². The van der Waals surface area contributed by atoms with Crippen molar-refractivity contribution in [2.45, 2.75) is 63.8 Å². The van der Waals surface area contributed by atoms with Crippen molar-refractivity contribution in [2.24, 2.45) is 0 Å². The molecule has 4 nitrogen and oxygen atoms in total. The van der Waals surface area contributed by atoms with Crippen molar-refractivity contribution in [3.63, 3.8) is 0 Å². The van der Waals surface area contributed by atoms with E-state index in [4.69, 9.17) is 4.74 Å². The third kappa shape index (κ3) is 3.94. The van der Waals surface area contributed by atoms with Gasteiger partial charge in [-0.2, -0.15) is 0 Å².